The number of hydrogen-bond acceptors (Lipinski definition) is 4. The Morgan fingerprint density at radius 1 is 0.625 bits per heavy atom. The van der Waals surface area contributed by atoms with Crippen LogP contribution < -0.4 is 17.2 Å². The molecule has 178 valence electrons. The molecule has 0 saturated carbocycles. The number of unbranched alkanes of at least 4 members (excludes halogenated alkanes) is 1. The van der Waals surface area contributed by atoms with E-state index in [0.29, 0.717) is 36.8 Å². The molecule has 8 nitrogen and oxygen atoms in total. The zero-order chi connectivity index (χ0) is 23.8. The minimum atomic E-state index is -0.464. The second kappa shape index (κ2) is 15.8. The highest BCUT2D eigenvalue weighted by molar-refractivity contribution is 5.97. The number of hydrogen-bond donors (Lipinski definition) is 3. The summed E-state index contributed by atoms with van der Waals surface area (Å²) in [6, 6.07) is 6.66. The van der Waals surface area contributed by atoms with E-state index >= 15 is 0 Å². The summed E-state index contributed by atoms with van der Waals surface area (Å²) in [6.07, 6.45) is 11.7. The fourth-order valence-corrected chi connectivity index (χ4v) is 3.54. The molecule has 1 heterocycles. The van der Waals surface area contributed by atoms with Crippen LogP contribution in [0.25, 0.3) is 0 Å². The molecular weight excluding hydrogens is 408 g/mol. The van der Waals surface area contributed by atoms with Gasteiger partial charge in [-0.1, -0.05) is 38.5 Å². The van der Waals surface area contributed by atoms with Crippen LogP contribution in [0.4, 0.5) is 0 Å². The lowest BCUT2D eigenvalue weighted by molar-refractivity contribution is -0.119. The molecule has 2 rings (SSSR count). The smallest absolute Gasteiger partial charge is 0.253 e. The summed E-state index contributed by atoms with van der Waals surface area (Å²) in [5.74, 6) is -1.06. The first-order chi connectivity index (χ1) is 15.3. The van der Waals surface area contributed by atoms with Gasteiger partial charge in [0.05, 0.1) is 0 Å². The second-order valence-electron chi connectivity index (χ2n) is 8.20. The van der Waals surface area contributed by atoms with E-state index in [9.17, 15) is 19.2 Å². The van der Waals surface area contributed by atoms with E-state index in [4.69, 9.17) is 17.2 Å². The van der Waals surface area contributed by atoms with Gasteiger partial charge >= 0.3 is 0 Å². The Morgan fingerprint density at radius 2 is 1.00 bits per heavy atom. The summed E-state index contributed by atoms with van der Waals surface area (Å²) in [6.45, 7) is 1.66. The highest BCUT2D eigenvalue weighted by Gasteiger charge is 2.16. The van der Waals surface area contributed by atoms with Crippen LogP contribution in [0.1, 0.15) is 97.8 Å². The number of nitrogens with zero attached hydrogens (tertiary/aromatic N) is 1. The van der Waals surface area contributed by atoms with Crippen molar-refractivity contribution in [1.29, 1.82) is 0 Å². The molecule has 0 atom stereocenters. The van der Waals surface area contributed by atoms with Crippen LogP contribution in [0.3, 0.4) is 0 Å². The molecule has 1 saturated heterocycles. The molecule has 1 aliphatic rings. The lowest BCUT2D eigenvalue weighted by Crippen LogP contribution is -2.33. The van der Waals surface area contributed by atoms with Crippen LogP contribution in [0.2, 0.25) is 0 Å². The minimum Gasteiger partial charge on any atom is -0.370 e. The molecular formula is C24H38N4O4. The van der Waals surface area contributed by atoms with E-state index in [0.717, 1.165) is 25.9 Å². The number of carbonyl (C=O) groups is 4. The number of benzene rings is 1. The Bertz CT molecular complexity index is 706. The molecule has 0 aromatic heterocycles. The molecule has 32 heavy (non-hydrogen) atoms. The van der Waals surface area contributed by atoms with Gasteiger partial charge in [-0.2, -0.15) is 0 Å². The summed E-state index contributed by atoms with van der Waals surface area (Å²) >= 11 is 0. The lowest BCUT2D eigenvalue weighted by Gasteiger charge is -2.22. The van der Waals surface area contributed by atoms with Gasteiger partial charge < -0.3 is 22.1 Å². The summed E-state index contributed by atoms with van der Waals surface area (Å²) in [5.41, 5.74) is 16.0. The fourth-order valence-electron chi connectivity index (χ4n) is 3.54. The van der Waals surface area contributed by atoms with E-state index in [-0.39, 0.29) is 17.7 Å². The van der Waals surface area contributed by atoms with Crippen molar-refractivity contribution in [3.05, 3.63) is 35.4 Å². The van der Waals surface area contributed by atoms with Crippen LogP contribution in [0.15, 0.2) is 24.3 Å². The van der Waals surface area contributed by atoms with Crippen LogP contribution in [-0.4, -0.2) is 41.6 Å². The number of primary amides is 3. The maximum absolute atomic E-state index is 12.6. The van der Waals surface area contributed by atoms with E-state index in [1.165, 1.54) is 38.5 Å². The standard InChI is InChI=1S/C18H26N2O2.C6H12N2O2/c19-17(21)15-9-11-16(12-10-15)18(22)20-13-7-5-3-1-2-4-6-8-14-20;7-5(9)3-1-2-4-6(8)10/h9-12H,1-8,13-14H2,(H2,19,21);1-4H2,(H2,7,9)(H2,8,10). The average molecular weight is 447 g/mol. The molecule has 6 N–H and O–H groups in total. The largest absolute Gasteiger partial charge is 0.370 e. The quantitative estimate of drug-likeness (QED) is 0.552. The SMILES string of the molecule is NC(=O)CCCCC(N)=O.NC(=O)c1ccc(C(=O)N2CCCCCCCCCC2)cc1. The van der Waals surface area contributed by atoms with Crippen LogP contribution >= 0.6 is 0 Å². The molecule has 8 heteroatoms. The first kappa shape index (κ1) is 27.1. The monoisotopic (exact) mass is 446 g/mol. The highest BCUT2D eigenvalue weighted by Crippen LogP contribution is 2.15. The van der Waals surface area contributed by atoms with Crippen LogP contribution in [0, 0.1) is 0 Å². The molecule has 0 spiro atoms. The first-order valence-corrected chi connectivity index (χ1v) is 11.6. The Balaban J connectivity index is 0.000000433. The Labute approximate surface area is 190 Å². The third kappa shape index (κ3) is 12.1. The Hall–Kier alpha value is -2.90. The lowest BCUT2D eigenvalue weighted by atomic mass is 10.1. The number of carbonyl (C=O) groups excluding carboxylic acids is 4. The summed E-state index contributed by atoms with van der Waals surface area (Å²) in [7, 11) is 0. The van der Waals surface area contributed by atoms with Gasteiger partial charge in [0, 0.05) is 37.1 Å². The van der Waals surface area contributed by atoms with Crippen LogP contribution in [0.5, 0.6) is 0 Å². The van der Waals surface area contributed by atoms with Gasteiger partial charge in [-0.15, -0.1) is 0 Å². The van der Waals surface area contributed by atoms with Gasteiger partial charge in [-0.25, -0.2) is 0 Å². The maximum Gasteiger partial charge on any atom is 0.253 e. The van der Waals surface area contributed by atoms with Crippen LogP contribution in [-0.2, 0) is 9.59 Å². The summed E-state index contributed by atoms with van der Waals surface area (Å²) in [4.78, 5) is 46.0. The predicted molar refractivity (Wildman–Crippen MR) is 125 cm³/mol. The highest BCUT2D eigenvalue weighted by atomic mass is 16.2. The normalized spacial score (nSPS) is 14.9. The van der Waals surface area contributed by atoms with E-state index < -0.39 is 5.91 Å². The van der Waals surface area contributed by atoms with Gasteiger partial charge in [0.2, 0.25) is 17.7 Å². The molecule has 1 aromatic carbocycles. The molecule has 1 aliphatic heterocycles. The third-order valence-corrected chi connectivity index (χ3v) is 5.41. The second-order valence-corrected chi connectivity index (χ2v) is 8.20. The van der Waals surface area contributed by atoms with Gasteiger partial charge in [0.1, 0.15) is 0 Å². The molecule has 1 aromatic rings. The van der Waals surface area contributed by atoms with Crippen molar-refractivity contribution in [3.8, 4) is 0 Å². The topological polar surface area (TPSA) is 150 Å². The van der Waals surface area contributed by atoms with E-state index in [1.807, 2.05) is 4.90 Å². The predicted octanol–water partition coefficient (Wildman–Crippen LogP) is 2.88. The average Bonchev–Trinajstić information content (AvgIpc) is 2.82. The zero-order valence-corrected chi connectivity index (χ0v) is 19.0. The van der Waals surface area contributed by atoms with Crippen molar-refractivity contribution < 1.29 is 19.2 Å². The zero-order valence-electron chi connectivity index (χ0n) is 19.0. The number of rotatable bonds is 7. The molecule has 0 aliphatic carbocycles. The molecule has 0 unspecified atom stereocenters. The minimum absolute atomic E-state index is 0.0651. The number of amides is 4. The van der Waals surface area contributed by atoms with Crippen molar-refractivity contribution in [2.45, 2.75) is 77.0 Å². The van der Waals surface area contributed by atoms with Gasteiger partial charge in [0.15, 0.2) is 0 Å². The first-order valence-electron chi connectivity index (χ1n) is 11.6. The van der Waals surface area contributed by atoms with E-state index in [2.05, 4.69) is 0 Å². The van der Waals surface area contributed by atoms with Crippen molar-refractivity contribution in [2.75, 3.05) is 13.1 Å². The van der Waals surface area contributed by atoms with Gasteiger partial charge in [-0.3, -0.25) is 19.2 Å². The van der Waals surface area contributed by atoms with Crippen molar-refractivity contribution in [3.63, 3.8) is 0 Å². The Morgan fingerprint density at radius 3 is 1.38 bits per heavy atom. The molecule has 4 amide bonds. The maximum atomic E-state index is 12.6. The van der Waals surface area contributed by atoms with E-state index in [1.54, 1.807) is 24.3 Å². The molecule has 1 fully saturated rings. The Kier molecular flexibility index (Phi) is 13.4. The van der Waals surface area contributed by atoms with Crippen molar-refractivity contribution >= 4 is 23.6 Å². The number of nitrogens with two attached hydrogens (primary N) is 3. The fraction of sp³-hybridized carbons (Fsp3) is 0.583. The molecule has 0 radical (unpaired) electrons. The third-order valence-electron chi connectivity index (χ3n) is 5.41. The molecule has 0 bridgehead atoms. The van der Waals surface area contributed by atoms with Gasteiger partial charge in [0.25, 0.3) is 5.91 Å². The summed E-state index contributed by atoms with van der Waals surface area (Å²) < 4.78 is 0. The van der Waals surface area contributed by atoms with Crippen molar-refractivity contribution in [2.24, 2.45) is 17.2 Å². The summed E-state index contributed by atoms with van der Waals surface area (Å²) in [5, 5.41) is 0. The van der Waals surface area contributed by atoms with Crippen molar-refractivity contribution in [1.82, 2.24) is 4.90 Å². The van der Waals surface area contributed by atoms with Gasteiger partial charge in [-0.05, 0) is 49.9 Å².